The van der Waals surface area contributed by atoms with Crippen LogP contribution in [-0.2, 0) is 6.42 Å². The van der Waals surface area contributed by atoms with Gasteiger partial charge in [0.15, 0.2) is 0 Å². The summed E-state index contributed by atoms with van der Waals surface area (Å²) in [5.74, 6) is -0.967. The first-order chi connectivity index (χ1) is 6.79. The summed E-state index contributed by atoms with van der Waals surface area (Å²) < 4.78 is 48.7. The fraction of sp³-hybridized carbons (Fsp3) is 0.500. The van der Waals surface area contributed by atoms with Crippen LogP contribution in [0.1, 0.15) is 17.9 Å². The highest BCUT2D eigenvalue weighted by Crippen LogP contribution is 2.22. The monoisotopic (exact) mass is 286 g/mol. The van der Waals surface area contributed by atoms with Crippen LogP contribution in [0.3, 0.4) is 0 Å². The van der Waals surface area contributed by atoms with Gasteiger partial charge < -0.3 is 0 Å². The first-order valence-corrected chi connectivity index (χ1v) is 4.84. The maximum absolute atomic E-state index is 13.0. The molecule has 2 nitrogen and oxygen atoms in total. The Morgan fingerprint density at radius 2 is 1.87 bits per heavy atom. The smallest absolute Gasteiger partial charge is 0.237 e. The number of hydrogen-bond acceptors (Lipinski definition) is 2. The largest absolute Gasteiger partial charge is 0.389 e. The van der Waals surface area contributed by atoms with E-state index < -0.39 is 25.0 Å². The van der Waals surface area contributed by atoms with Crippen LogP contribution in [0.15, 0.2) is 4.47 Å². The van der Waals surface area contributed by atoms with Gasteiger partial charge in [-0.25, -0.2) is 9.97 Å². The van der Waals surface area contributed by atoms with Crippen LogP contribution in [0.2, 0.25) is 0 Å². The molecule has 0 aromatic carbocycles. The van der Waals surface area contributed by atoms with Gasteiger partial charge in [-0.05, 0) is 22.9 Å². The van der Waals surface area contributed by atoms with E-state index in [1.165, 1.54) is 6.92 Å². The predicted octanol–water partition coefficient (Wildman–Crippen LogP) is 3.18. The van der Waals surface area contributed by atoms with Crippen LogP contribution in [0.25, 0.3) is 0 Å². The van der Waals surface area contributed by atoms with E-state index in [2.05, 4.69) is 25.9 Å². The molecule has 7 heteroatoms. The average Bonchev–Trinajstić information content (AvgIpc) is 2.09. The molecule has 0 saturated carbocycles. The van der Waals surface area contributed by atoms with Crippen LogP contribution in [-0.4, -0.2) is 16.1 Å². The molecule has 0 aliphatic heterocycles. The third kappa shape index (κ3) is 3.73. The molecule has 1 aromatic heterocycles. The van der Waals surface area contributed by atoms with E-state index in [1.54, 1.807) is 0 Å². The highest BCUT2D eigenvalue weighted by atomic mass is 79.9. The minimum Gasteiger partial charge on any atom is -0.237 e. The van der Waals surface area contributed by atoms with Crippen molar-refractivity contribution in [3.8, 4) is 0 Å². The summed E-state index contributed by atoms with van der Waals surface area (Å²) in [6, 6.07) is 0. The van der Waals surface area contributed by atoms with E-state index >= 15 is 0 Å². The van der Waals surface area contributed by atoms with E-state index in [9.17, 15) is 17.6 Å². The normalized spacial score (nSPS) is 11.9. The number of alkyl halides is 3. The van der Waals surface area contributed by atoms with Crippen molar-refractivity contribution in [1.82, 2.24) is 9.97 Å². The number of aryl methyl sites for hydroxylation is 2. The van der Waals surface area contributed by atoms with Crippen molar-refractivity contribution >= 4 is 15.9 Å². The van der Waals surface area contributed by atoms with Crippen molar-refractivity contribution < 1.29 is 17.6 Å². The molecule has 0 radical (unpaired) electrons. The Bertz CT molecular complexity index is 341. The van der Waals surface area contributed by atoms with Gasteiger partial charge in [-0.2, -0.15) is 17.6 Å². The Labute approximate surface area is 91.9 Å². The second-order valence-corrected chi connectivity index (χ2v) is 3.74. The lowest BCUT2D eigenvalue weighted by atomic mass is 10.3. The SMILES string of the molecule is Cc1nc(CCC(F)(F)F)nc(F)c1Br. The summed E-state index contributed by atoms with van der Waals surface area (Å²) in [6.07, 6.45) is -5.73. The molecule has 0 fully saturated rings. The lowest BCUT2D eigenvalue weighted by Gasteiger charge is -2.06. The number of nitrogens with zero attached hydrogens (tertiary/aromatic N) is 2. The summed E-state index contributed by atoms with van der Waals surface area (Å²) in [7, 11) is 0. The zero-order valence-corrected chi connectivity index (χ0v) is 9.28. The summed E-state index contributed by atoms with van der Waals surface area (Å²) in [5.41, 5.74) is 0.291. The van der Waals surface area contributed by atoms with Crippen molar-refractivity contribution in [3.63, 3.8) is 0 Å². The van der Waals surface area contributed by atoms with Crippen LogP contribution >= 0.6 is 15.9 Å². The van der Waals surface area contributed by atoms with Gasteiger partial charge in [0.25, 0.3) is 0 Å². The number of hydrogen-bond donors (Lipinski definition) is 0. The zero-order valence-electron chi connectivity index (χ0n) is 7.70. The predicted molar refractivity (Wildman–Crippen MR) is 48.8 cm³/mol. The molecule has 0 spiro atoms. The van der Waals surface area contributed by atoms with Crippen molar-refractivity contribution in [1.29, 1.82) is 0 Å². The molecular weight excluding hydrogens is 280 g/mol. The van der Waals surface area contributed by atoms with Crippen LogP contribution in [0.5, 0.6) is 0 Å². The maximum Gasteiger partial charge on any atom is 0.389 e. The lowest BCUT2D eigenvalue weighted by Crippen LogP contribution is -2.11. The molecule has 0 N–H and O–H groups in total. The van der Waals surface area contributed by atoms with Gasteiger partial charge in [0.2, 0.25) is 5.95 Å². The highest BCUT2D eigenvalue weighted by molar-refractivity contribution is 9.10. The molecule has 84 valence electrons. The van der Waals surface area contributed by atoms with Gasteiger partial charge in [-0.1, -0.05) is 0 Å². The Kier molecular flexibility index (Phi) is 3.64. The Balaban J connectivity index is 2.80. The second-order valence-electron chi connectivity index (χ2n) is 2.95. The standard InChI is InChI=1S/C8H7BrF4N2/c1-4-6(9)7(10)15-5(14-4)2-3-8(11,12)13/h2-3H2,1H3. The van der Waals surface area contributed by atoms with E-state index in [4.69, 9.17) is 0 Å². The first-order valence-electron chi connectivity index (χ1n) is 4.05. The van der Waals surface area contributed by atoms with Gasteiger partial charge in [0, 0.05) is 6.42 Å². The summed E-state index contributed by atoms with van der Waals surface area (Å²) in [5, 5.41) is 0. The van der Waals surface area contributed by atoms with Gasteiger partial charge in [0.1, 0.15) is 5.82 Å². The lowest BCUT2D eigenvalue weighted by molar-refractivity contribution is -0.134. The molecule has 0 aliphatic rings. The van der Waals surface area contributed by atoms with E-state index in [0.717, 1.165) is 0 Å². The Morgan fingerprint density at radius 3 is 2.33 bits per heavy atom. The molecular formula is C8H7BrF4N2. The molecule has 1 rings (SSSR count). The third-order valence-corrected chi connectivity index (χ3v) is 2.56. The van der Waals surface area contributed by atoms with Gasteiger partial charge in [0.05, 0.1) is 16.6 Å². The molecule has 0 atom stereocenters. The third-order valence-electron chi connectivity index (χ3n) is 1.65. The maximum atomic E-state index is 13.0. The number of aromatic nitrogens is 2. The van der Waals surface area contributed by atoms with E-state index in [0.29, 0.717) is 5.69 Å². The second kappa shape index (κ2) is 4.42. The quantitative estimate of drug-likeness (QED) is 0.616. The summed E-state index contributed by atoms with van der Waals surface area (Å²) in [4.78, 5) is 7.05. The van der Waals surface area contributed by atoms with Crippen molar-refractivity contribution in [2.75, 3.05) is 0 Å². The van der Waals surface area contributed by atoms with Crippen molar-refractivity contribution in [3.05, 3.63) is 21.9 Å². The zero-order chi connectivity index (χ0) is 11.6. The van der Waals surface area contributed by atoms with E-state index in [-0.39, 0.29) is 10.3 Å². The van der Waals surface area contributed by atoms with Crippen LogP contribution in [0.4, 0.5) is 17.6 Å². The minimum atomic E-state index is -4.28. The average molecular weight is 287 g/mol. The van der Waals surface area contributed by atoms with Gasteiger partial charge in [-0.15, -0.1) is 0 Å². The summed E-state index contributed by atoms with van der Waals surface area (Å²) >= 11 is 2.88. The molecule has 0 amide bonds. The molecule has 1 heterocycles. The first kappa shape index (κ1) is 12.4. The molecule has 0 unspecified atom stereocenters. The van der Waals surface area contributed by atoms with Crippen molar-refractivity contribution in [2.24, 2.45) is 0 Å². The molecule has 15 heavy (non-hydrogen) atoms. The number of halogens is 5. The molecule has 1 aromatic rings. The number of rotatable bonds is 2. The van der Waals surface area contributed by atoms with Crippen LogP contribution < -0.4 is 0 Å². The Morgan fingerprint density at radius 1 is 1.27 bits per heavy atom. The van der Waals surface area contributed by atoms with Gasteiger partial charge >= 0.3 is 6.18 Å². The summed E-state index contributed by atoms with van der Waals surface area (Å²) in [6.45, 7) is 1.49. The topological polar surface area (TPSA) is 25.8 Å². The molecule has 0 bridgehead atoms. The highest BCUT2D eigenvalue weighted by Gasteiger charge is 2.27. The Hall–Kier alpha value is -0.720. The van der Waals surface area contributed by atoms with Crippen LogP contribution in [0, 0.1) is 12.9 Å². The molecule has 0 aliphatic carbocycles. The van der Waals surface area contributed by atoms with E-state index in [1.807, 2.05) is 0 Å². The van der Waals surface area contributed by atoms with Gasteiger partial charge in [-0.3, -0.25) is 0 Å². The minimum absolute atomic E-state index is 0.0817. The molecule has 0 saturated heterocycles. The van der Waals surface area contributed by atoms with Crippen molar-refractivity contribution in [2.45, 2.75) is 25.9 Å². The fourth-order valence-electron chi connectivity index (χ4n) is 0.945. The fourth-order valence-corrected chi connectivity index (χ4v) is 1.12.